The van der Waals surface area contributed by atoms with E-state index in [4.69, 9.17) is 0 Å². The molecule has 0 saturated heterocycles. The van der Waals surface area contributed by atoms with Gasteiger partial charge in [0.2, 0.25) is 11.8 Å². The van der Waals surface area contributed by atoms with E-state index in [0.29, 0.717) is 19.0 Å². The van der Waals surface area contributed by atoms with Crippen molar-refractivity contribution in [1.82, 2.24) is 10.2 Å². The van der Waals surface area contributed by atoms with Crippen LogP contribution in [0, 0.1) is 0 Å². The average Bonchev–Trinajstić information content (AvgIpc) is 2.28. The fourth-order valence-corrected chi connectivity index (χ4v) is 2.73. The van der Waals surface area contributed by atoms with Gasteiger partial charge in [-0.15, -0.1) is 0 Å². The van der Waals surface area contributed by atoms with Gasteiger partial charge >= 0.3 is 0 Å². The normalized spacial score (nSPS) is 17.1. The summed E-state index contributed by atoms with van der Waals surface area (Å²) in [5, 5.41) is 3.09. The van der Waals surface area contributed by atoms with Crippen LogP contribution in [-0.4, -0.2) is 34.8 Å². The summed E-state index contributed by atoms with van der Waals surface area (Å²) in [6, 6.07) is 0.349. The van der Waals surface area contributed by atoms with Crippen LogP contribution in [0.15, 0.2) is 0 Å². The molecule has 0 bridgehead atoms. The first-order valence-electron chi connectivity index (χ1n) is 7.38. The van der Waals surface area contributed by atoms with Crippen molar-refractivity contribution < 1.29 is 9.59 Å². The molecule has 0 radical (unpaired) electrons. The molecule has 110 valence electrons. The highest BCUT2D eigenvalue weighted by Gasteiger charge is 2.24. The molecule has 4 heteroatoms. The minimum absolute atomic E-state index is 0.0259. The van der Waals surface area contributed by atoms with E-state index >= 15 is 0 Å². The maximum atomic E-state index is 11.9. The van der Waals surface area contributed by atoms with Gasteiger partial charge in [0.15, 0.2) is 0 Å². The van der Waals surface area contributed by atoms with E-state index in [1.165, 1.54) is 19.3 Å². The summed E-state index contributed by atoms with van der Waals surface area (Å²) >= 11 is 0. The van der Waals surface area contributed by atoms with Gasteiger partial charge in [0, 0.05) is 31.5 Å². The van der Waals surface area contributed by atoms with Gasteiger partial charge in [-0.3, -0.25) is 9.59 Å². The Morgan fingerprint density at radius 2 is 1.74 bits per heavy atom. The second-order valence-electron chi connectivity index (χ2n) is 6.49. The van der Waals surface area contributed by atoms with E-state index in [0.717, 1.165) is 12.8 Å². The molecule has 0 aromatic carbocycles. The molecule has 19 heavy (non-hydrogen) atoms. The summed E-state index contributed by atoms with van der Waals surface area (Å²) < 4.78 is 0. The number of nitrogens with zero attached hydrogens (tertiary/aromatic N) is 1. The molecule has 1 N–H and O–H groups in total. The molecule has 1 aliphatic carbocycles. The second-order valence-corrected chi connectivity index (χ2v) is 6.49. The minimum Gasteiger partial charge on any atom is -0.353 e. The van der Waals surface area contributed by atoms with Gasteiger partial charge in [-0.2, -0.15) is 0 Å². The molecule has 0 atom stereocenters. The first-order chi connectivity index (χ1) is 8.80. The molecular formula is C15H28N2O2. The lowest BCUT2D eigenvalue weighted by atomic mass is 9.95. The second kappa shape index (κ2) is 6.92. The smallest absolute Gasteiger partial charge is 0.221 e. The summed E-state index contributed by atoms with van der Waals surface area (Å²) in [6.07, 6.45) is 6.31. The number of hydrogen-bond acceptors (Lipinski definition) is 2. The van der Waals surface area contributed by atoms with E-state index < -0.39 is 0 Å². The van der Waals surface area contributed by atoms with Gasteiger partial charge < -0.3 is 10.2 Å². The van der Waals surface area contributed by atoms with Gasteiger partial charge in [0.25, 0.3) is 0 Å². The molecule has 0 spiro atoms. The van der Waals surface area contributed by atoms with Crippen molar-refractivity contribution in [3.63, 3.8) is 0 Å². The highest BCUT2D eigenvalue weighted by molar-refractivity contribution is 5.78. The van der Waals surface area contributed by atoms with Crippen molar-refractivity contribution >= 4 is 11.8 Å². The van der Waals surface area contributed by atoms with Gasteiger partial charge in [0.05, 0.1) is 0 Å². The zero-order valence-corrected chi connectivity index (χ0v) is 12.8. The zero-order chi connectivity index (χ0) is 14.5. The molecule has 0 aliphatic heterocycles. The maximum absolute atomic E-state index is 11.9. The Kier molecular flexibility index (Phi) is 5.83. The quantitative estimate of drug-likeness (QED) is 0.851. The van der Waals surface area contributed by atoms with Crippen LogP contribution in [0.25, 0.3) is 0 Å². The van der Waals surface area contributed by atoms with Crippen LogP contribution in [0.1, 0.15) is 66.2 Å². The lowest BCUT2D eigenvalue weighted by Crippen LogP contribution is -2.46. The largest absolute Gasteiger partial charge is 0.353 e. The first kappa shape index (κ1) is 16.0. The summed E-state index contributed by atoms with van der Waals surface area (Å²) in [7, 11) is 0. The molecule has 1 aliphatic rings. The third kappa shape index (κ3) is 5.62. The molecule has 0 aromatic rings. The van der Waals surface area contributed by atoms with Gasteiger partial charge in [0.1, 0.15) is 0 Å². The third-order valence-electron chi connectivity index (χ3n) is 3.72. The van der Waals surface area contributed by atoms with Crippen molar-refractivity contribution in [1.29, 1.82) is 0 Å². The van der Waals surface area contributed by atoms with Crippen LogP contribution >= 0.6 is 0 Å². The van der Waals surface area contributed by atoms with Crippen molar-refractivity contribution in [2.45, 2.75) is 77.8 Å². The number of amides is 2. The number of nitrogens with one attached hydrogen (secondary N) is 1. The number of carbonyl (C=O) groups is 2. The SMILES string of the molecule is CC(=O)N(CCC(=O)NC1CCCCC1)C(C)(C)C. The molecule has 1 fully saturated rings. The van der Waals surface area contributed by atoms with Gasteiger partial charge in [-0.1, -0.05) is 19.3 Å². The minimum atomic E-state index is -0.225. The molecule has 0 heterocycles. The topological polar surface area (TPSA) is 49.4 Å². The van der Waals surface area contributed by atoms with Crippen LogP contribution in [-0.2, 0) is 9.59 Å². The zero-order valence-electron chi connectivity index (χ0n) is 12.8. The molecule has 1 saturated carbocycles. The van der Waals surface area contributed by atoms with Crippen molar-refractivity contribution in [2.24, 2.45) is 0 Å². The monoisotopic (exact) mass is 268 g/mol. The number of rotatable bonds is 4. The van der Waals surface area contributed by atoms with Crippen LogP contribution in [0.2, 0.25) is 0 Å². The Morgan fingerprint density at radius 3 is 2.21 bits per heavy atom. The Balaban J connectivity index is 2.37. The number of carbonyl (C=O) groups excluding carboxylic acids is 2. The number of hydrogen-bond donors (Lipinski definition) is 1. The summed E-state index contributed by atoms with van der Waals surface area (Å²) in [5.41, 5.74) is -0.225. The standard InChI is InChI=1S/C15H28N2O2/c1-12(18)17(15(2,3)4)11-10-14(19)16-13-8-6-5-7-9-13/h13H,5-11H2,1-4H3,(H,16,19). The lowest BCUT2D eigenvalue weighted by Gasteiger charge is -2.35. The maximum Gasteiger partial charge on any atom is 0.221 e. The van der Waals surface area contributed by atoms with E-state index in [-0.39, 0.29) is 17.4 Å². The van der Waals surface area contributed by atoms with Crippen LogP contribution < -0.4 is 5.32 Å². The third-order valence-corrected chi connectivity index (χ3v) is 3.72. The van der Waals surface area contributed by atoms with Crippen molar-refractivity contribution in [3.8, 4) is 0 Å². The van der Waals surface area contributed by atoms with E-state index in [2.05, 4.69) is 5.32 Å². The Labute approximate surface area is 116 Å². The van der Waals surface area contributed by atoms with Gasteiger partial charge in [-0.25, -0.2) is 0 Å². The van der Waals surface area contributed by atoms with E-state index in [9.17, 15) is 9.59 Å². The Bertz CT molecular complexity index is 315. The van der Waals surface area contributed by atoms with Crippen LogP contribution in [0.4, 0.5) is 0 Å². The lowest BCUT2D eigenvalue weighted by molar-refractivity contribution is -0.134. The Hall–Kier alpha value is -1.06. The average molecular weight is 268 g/mol. The predicted molar refractivity (Wildman–Crippen MR) is 76.8 cm³/mol. The molecule has 4 nitrogen and oxygen atoms in total. The summed E-state index contributed by atoms with van der Waals surface area (Å²) in [4.78, 5) is 25.3. The van der Waals surface area contributed by atoms with E-state index in [1.54, 1.807) is 11.8 Å². The van der Waals surface area contributed by atoms with Crippen LogP contribution in [0.5, 0.6) is 0 Å². The first-order valence-corrected chi connectivity index (χ1v) is 7.38. The van der Waals surface area contributed by atoms with Crippen molar-refractivity contribution in [3.05, 3.63) is 0 Å². The molecular weight excluding hydrogens is 240 g/mol. The summed E-state index contributed by atoms with van der Waals surface area (Å²) in [5.74, 6) is 0.0976. The highest BCUT2D eigenvalue weighted by Crippen LogP contribution is 2.18. The molecule has 0 aromatic heterocycles. The predicted octanol–water partition coefficient (Wildman–Crippen LogP) is 2.47. The fourth-order valence-electron chi connectivity index (χ4n) is 2.73. The van der Waals surface area contributed by atoms with E-state index in [1.807, 2.05) is 20.8 Å². The Morgan fingerprint density at radius 1 is 1.16 bits per heavy atom. The van der Waals surface area contributed by atoms with Gasteiger partial charge in [-0.05, 0) is 33.6 Å². The van der Waals surface area contributed by atoms with Crippen LogP contribution in [0.3, 0.4) is 0 Å². The summed E-state index contributed by atoms with van der Waals surface area (Å²) in [6.45, 7) is 8.04. The van der Waals surface area contributed by atoms with Crippen molar-refractivity contribution in [2.75, 3.05) is 6.54 Å². The molecule has 0 unspecified atom stereocenters. The highest BCUT2D eigenvalue weighted by atomic mass is 16.2. The molecule has 2 amide bonds. The molecule has 1 rings (SSSR count). The fraction of sp³-hybridized carbons (Fsp3) is 0.867.